The van der Waals surface area contributed by atoms with E-state index in [1.807, 2.05) is 0 Å². The van der Waals surface area contributed by atoms with Crippen LogP contribution in [0.5, 0.6) is 0 Å². The Morgan fingerprint density at radius 2 is 1.46 bits per heavy atom. The molecule has 0 aromatic rings. The van der Waals surface area contributed by atoms with Crippen molar-refractivity contribution >= 4 is 17.6 Å². The monoisotopic (exact) mass is 386 g/mol. The minimum Gasteiger partial charge on any atom is -0.463 e. The van der Waals surface area contributed by atoms with E-state index in [9.17, 15) is 4.79 Å². The summed E-state index contributed by atoms with van der Waals surface area (Å²) in [6, 6.07) is 0. The van der Waals surface area contributed by atoms with Gasteiger partial charge in [-0.1, -0.05) is 32.6 Å². The smallest absolute Gasteiger partial charge is 0.305 e. The number of carbonyl (C=O) groups is 1. The Bertz CT molecular complexity index is 372. The largest absolute Gasteiger partial charge is 0.463 e. The van der Waals surface area contributed by atoms with Crippen LogP contribution < -0.4 is 0 Å². The van der Waals surface area contributed by atoms with Crippen molar-refractivity contribution in [2.45, 2.75) is 108 Å². The highest BCUT2D eigenvalue weighted by molar-refractivity contribution is 6.20. The molecule has 0 atom stereocenters. The summed E-state index contributed by atoms with van der Waals surface area (Å²) >= 11 is 6.23. The van der Waals surface area contributed by atoms with E-state index in [4.69, 9.17) is 21.1 Å². The van der Waals surface area contributed by atoms with Crippen molar-refractivity contribution in [1.29, 1.82) is 0 Å². The maximum absolute atomic E-state index is 11.7. The second kappa shape index (κ2) is 13.0. The number of esters is 1. The molecule has 0 aromatic carbocycles. The summed E-state index contributed by atoms with van der Waals surface area (Å²) in [7, 11) is 0. The van der Waals surface area contributed by atoms with Gasteiger partial charge in [0.05, 0.1) is 12.7 Å². The molecule has 2 rings (SSSR count). The Balaban J connectivity index is 1.45. The number of unbranched alkanes of at least 4 members (excludes halogenated alkanes) is 4. The molecule has 0 saturated heterocycles. The zero-order valence-corrected chi connectivity index (χ0v) is 17.5. The second-order valence-electron chi connectivity index (χ2n) is 8.30. The van der Waals surface area contributed by atoms with Crippen LogP contribution in [0.1, 0.15) is 96.8 Å². The third-order valence-electron chi connectivity index (χ3n) is 6.27. The zero-order chi connectivity index (χ0) is 18.6. The van der Waals surface area contributed by atoms with Crippen LogP contribution in [0.25, 0.3) is 0 Å². The molecule has 3 nitrogen and oxygen atoms in total. The van der Waals surface area contributed by atoms with E-state index in [1.54, 1.807) is 0 Å². The molecule has 0 aromatic heterocycles. The Hall–Kier alpha value is -0.280. The van der Waals surface area contributed by atoms with Gasteiger partial charge < -0.3 is 9.47 Å². The minimum atomic E-state index is -0.0660. The molecule has 0 N–H and O–H groups in total. The standard InChI is InChI=1S/C22H39ClO3/c1-2-3-4-5-6-7-22(24)26-17-16-25-21-14-10-19(11-15-21)18-8-12-20(23)13-9-18/h18-21H,2-17H2,1H3. The molecule has 4 heteroatoms. The van der Waals surface area contributed by atoms with E-state index in [2.05, 4.69) is 6.92 Å². The predicted molar refractivity (Wildman–Crippen MR) is 108 cm³/mol. The second-order valence-corrected chi connectivity index (χ2v) is 8.92. The molecule has 0 aliphatic heterocycles. The molecule has 152 valence electrons. The molecule has 26 heavy (non-hydrogen) atoms. The van der Waals surface area contributed by atoms with Crippen LogP contribution in [0.15, 0.2) is 0 Å². The van der Waals surface area contributed by atoms with Gasteiger partial charge in [-0.05, 0) is 69.6 Å². The lowest BCUT2D eigenvalue weighted by Crippen LogP contribution is -2.29. The summed E-state index contributed by atoms with van der Waals surface area (Å²) in [6.45, 7) is 3.16. The molecule has 2 aliphatic rings. The average Bonchev–Trinajstić information content (AvgIpc) is 2.66. The fourth-order valence-electron chi connectivity index (χ4n) is 4.59. The van der Waals surface area contributed by atoms with Crippen LogP contribution in [-0.2, 0) is 14.3 Å². The molecule has 0 bridgehead atoms. The van der Waals surface area contributed by atoms with E-state index < -0.39 is 0 Å². The molecule has 0 spiro atoms. The zero-order valence-electron chi connectivity index (χ0n) is 16.7. The first-order valence-electron chi connectivity index (χ1n) is 11.1. The van der Waals surface area contributed by atoms with E-state index in [0.29, 0.717) is 31.1 Å². The molecular formula is C22H39ClO3. The molecule has 0 heterocycles. The molecule has 2 saturated carbocycles. The summed E-state index contributed by atoms with van der Waals surface area (Å²) in [5.41, 5.74) is 0. The van der Waals surface area contributed by atoms with Crippen LogP contribution in [0.2, 0.25) is 0 Å². The van der Waals surface area contributed by atoms with Gasteiger partial charge in [0.2, 0.25) is 0 Å². The van der Waals surface area contributed by atoms with Crippen LogP contribution in [0.3, 0.4) is 0 Å². The van der Waals surface area contributed by atoms with E-state index in [-0.39, 0.29) is 5.97 Å². The lowest BCUT2D eigenvalue weighted by atomic mass is 9.73. The van der Waals surface area contributed by atoms with Crippen molar-refractivity contribution in [1.82, 2.24) is 0 Å². The first-order chi connectivity index (χ1) is 12.7. The first kappa shape index (κ1) is 22.0. The predicted octanol–water partition coefficient (Wildman–Crippen LogP) is 6.26. The lowest BCUT2D eigenvalue weighted by molar-refractivity contribution is -0.146. The quantitative estimate of drug-likeness (QED) is 0.238. The van der Waals surface area contributed by atoms with Gasteiger partial charge in [-0.25, -0.2) is 0 Å². The van der Waals surface area contributed by atoms with Crippen molar-refractivity contribution < 1.29 is 14.3 Å². The molecule has 2 aliphatic carbocycles. The third-order valence-corrected chi connectivity index (χ3v) is 6.71. The maximum Gasteiger partial charge on any atom is 0.305 e. The molecule has 0 radical (unpaired) electrons. The molecule has 2 fully saturated rings. The van der Waals surface area contributed by atoms with Gasteiger partial charge in [-0.2, -0.15) is 0 Å². The third kappa shape index (κ3) is 8.61. The summed E-state index contributed by atoms with van der Waals surface area (Å²) in [6.07, 6.45) is 16.7. The van der Waals surface area contributed by atoms with Gasteiger partial charge in [-0.3, -0.25) is 4.79 Å². The summed E-state index contributed by atoms with van der Waals surface area (Å²) in [5, 5.41) is 0.421. The lowest BCUT2D eigenvalue weighted by Gasteiger charge is -2.36. The van der Waals surface area contributed by atoms with Gasteiger partial charge in [0.25, 0.3) is 0 Å². The van der Waals surface area contributed by atoms with Gasteiger partial charge in [0.1, 0.15) is 6.61 Å². The summed E-state index contributed by atoms with van der Waals surface area (Å²) < 4.78 is 11.2. The number of rotatable bonds is 11. The van der Waals surface area contributed by atoms with Gasteiger partial charge in [0, 0.05) is 11.8 Å². The number of halogens is 1. The fourth-order valence-corrected chi connectivity index (χ4v) is 4.84. The highest BCUT2D eigenvalue weighted by atomic mass is 35.5. The average molecular weight is 387 g/mol. The van der Waals surface area contributed by atoms with Gasteiger partial charge in [0.15, 0.2) is 0 Å². The molecular weight excluding hydrogens is 348 g/mol. The van der Waals surface area contributed by atoms with Crippen molar-refractivity contribution in [2.24, 2.45) is 11.8 Å². The maximum atomic E-state index is 11.7. The summed E-state index contributed by atoms with van der Waals surface area (Å²) in [5.74, 6) is 1.71. The number of ether oxygens (including phenoxy) is 2. The van der Waals surface area contributed by atoms with Crippen LogP contribution >= 0.6 is 11.6 Å². The molecule has 0 unspecified atom stereocenters. The van der Waals surface area contributed by atoms with Crippen molar-refractivity contribution in [3.05, 3.63) is 0 Å². The minimum absolute atomic E-state index is 0.0660. The van der Waals surface area contributed by atoms with Crippen molar-refractivity contribution in [2.75, 3.05) is 13.2 Å². The molecule has 0 amide bonds. The Morgan fingerprint density at radius 3 is 2.12 bits per heavy atom. The van der Waals surface area contributed by atoms with E-state index >= 15 is 0 Å². The van der Waals surface area contributed by atoms with Crippen LogP contribution in [0, 0.1) is 11.8 Å². The SMILES string of the molecule is CCCCCCCC(=O)OCCOC1CCC(C2CCC(Cl)CC2)CC1. The number of hydrogen-bond donors (Lipinski definition) is 0. The topological polar surface area (TPSA) is 35.5 Å². The van der Waals surface area contributed by atoms with Crippen LogP contribution in [0.4, 0.5) is 0 Å². The Kier molecular flexibility index (Phi) is 11.0. The number of alkyl halides is 1. The number of carbonyl (C=O) groups excluding carboxylic acids is 1. The highest BCUT2D eigenvalue weighted by Crippen LogP contribution is 2.39. The highest BCUT2D eigenvalue weighted by Gasteiger charge is 2.30. The Morgan fingerprint density at radius 1 is 0.846 bits per heavy atom. The van der Waals surface area contributed by atoms with E-state index in [1.165, 1.54) is 57.8 Å². The van der Waals surface area contributed by atoms with Crippen LogP contribution in [-0.4, -0.2) is 30.7 Å². The fraction of sp³-hybridized carbons (Fsp3) is 0.955. The van der Waals surface area contributed by atoms with Gasteiger partial charge in [-0.15, -0.1) is 11.6 Å². The Labute approximate surface area is 165 Å². The van der Waals surface area contributed by atoms with E-state index in [0.717, 1.165) is 37.5 Å². The van der Waals surface area contributed by atoms with Crippen molar-refractivity contribution in [3.8, 4) is 0 Å². The van der Waals surface area contributed by atoms with Crippen molar-refractivity contribution in [3.63, 3.8) is 0 Å². The normalized spacial score (nSPS) is 29.5. The summed E-state index contributed by atoms with van der Waals surface area (Å²) in [4.78, 5) is 11.7. The number of hydrogen-bond acceptors (Lipinski definition) is 3. The van der Waals surface area contributed by atoms with Gasteiger partial charge >= 0.3 is 5.97 Å². The first-order valence-corrected chi connectivity index (χ1v) is 11.5.